The van der Waals surface area contributed by atoms with Gasteiger partial charge in [0.2, 0.25) is 5.91 Å². The number of hydrogen-bond acceptors (Lipinski definition) is 4. The van der Waals surface area contributed by atoms with Crippen LogP contribution in [0.2, 0.25) is 5.02 Å². The van der Waals surface area contributed by atoms with Gasteiger partial charge in [-0.1, -0.05) is 23.4 Å². The van der Waals surface area contributed by atoms with Crippen LogP contribution in [0.3, 0.4) is 0 Å². The second kappa shape index (κ2) is 6.82. The number of benzene rings is 1. The van der Waals surface area contributed by atoms with E-state index in [4.69, 9.17) is 11.6 Å². The molecule has 0 saturated heterocycles. The highest BCUT2D eigenvalue weighted by Crippen LogP contribution is 2.25. The summed E-state index contributed by atoms with van der Waals surface area (Å²) >= 11 is 7.15. The van der Waals surface area contributed by atoms with Crippen molar-refractivity contribution in [2.45, 2.75) is 24.3 Å². The zero-order chi connectivity index (χ0) is 15.4. The van der Waals surface area contributed by atoms with E-state index in [0.29, 0.717) is 16.7 Å². The van der Waals surface area contributed by atoms with E-state index in [1.165, 1.54) is 11.8 Å². The van der Waals surface area contributed by atoms with Gasteiger partial charge < -0.3 is 10.3 Å². The normalized spacial score (nSPS) is 12.1. The molecular weight excluding hydrogens is 312 g/mol. The molecule has 1 aromatic carbocycles. The molecule has 0 aliphatic rings. The van der Waals surface area contributed by atoms with Gasteiger partial charge in [-0.15, -0.1) is 0 Å². The summed E-state index contributed by atoms with van der Waals surface area (Å²) in [7, 11) is 0. The standard InChI is InChI=1S/C13H15ClN4O2S/c1-3-15-12(20)18-11(19)7(2)21-13-16-9-5-4-8(14)6-10(9)17-13/h4-7H,3H2,1-2H3,(H,16,17)(H2,15,18,19,20)/t7-/m0/s1. The van der Waals surface area contributed by atoms with E-state index in [2.05, 4.69) is 20.6 Å². The number of nitrogens with zero attached hydrogens (tertiary/aromatic N) is 1. The topological polar surface area (TPSA) is 86.9 Å². The zero-order valence-electron chi connectivity index (χ0n) is 11.6. The number of amides is 3. The smallest absolute Gasteiger partial charge is 0.321 e. The predicted molar refractivity (Wildman–Crippen MR) is 83.6 cm³/mol. The molecule has 0 aliphatic carbocycles. The third kappa shape index (κ3) is 4.12. The van der Waals surface area contributed by atoms with Crippen molar-refractivity contribution in [3.8, 4) is 0 Å². The van der Waals surface area contributed by atoms with Gasteiger partial charge in [0.1, 0.15) is 0 Å². The van der Waals surface area contributed by atoms with Crippen molar-refractivity contribution in [3.63, 3.8) is 0 Å². The molecule has 0 radical (unpaired) electrons. The largest absolute Gasteiger partial charge is 0.338 e. The molecular formula is C13H15ClN4O2S. The van der Waals surface area contributed by atoms with E-state index in [9.17, 15) is 9.59 Å². The molecule has 2 aromatic rings. The highest BCUT2D eigenvalue weighted by atomic mass is 35.5. The highest BCUT2D eigenvalue weighted by molar-refractivity contribution is 8.00. The number of hydrogen-bond donors (Lipinski definition) is 3. The summed E-state index contributed by atoms with van der Waals surface area (Å²) in [5.41, 5.74) is 1.58. The fourth-order valence-corrected chi connectivity index (χ4v) is 2.65. The summed E-state index contributed by atoms with van der Waals surface area (Å²) < 4.78 is 0. The fraction of sp³-hybridized carbons (Fsp3) is 0.308. The van der Waals surface area contributed by atoms with Crippen molar-refractivity contribution in [2.24, 2.45) is 0 Å². The molecule has 21 heavy (non-hydrogen) atoms. The molecule has 0 fully saturated rings. The lowest BCUT2D eigenvalue weighted by Gasteiger charge is -2.09. The summed E-state index contributed by atoms with van der Waals surface area (Å²) in [5, 5.41) is 5.54. The van der Waals surface area contributed by atoms with E-state index in [0.717, 1.165) is 11.0 Å². The van der Waals surface area contributed by atoms with E-state index in [1.807, 2.05) is 0 Å². The first kappa shape index (κ1) is 15.7. The molecule has 1 aromatic heterocycles. The van der Waals surface area contributed by atoms with Gasteiger partial charge in [0, 0.05) is 11.6 Å². The summed E-state index contributed by atoms with van der Waals surface area (Å²) in [5.74, 6) is -0.371. The molecule has 8 heteroatoms. The molecule has 0 spiro atoms. The minimum Gasteiger partial charge on any atom is -0.338 e. The number of H-pyrrole nitrogens is 1. The Morgan fingerprint density at radius 3 is 2.95 bits per heavy atom. The maximum Gasteiger partial charge on any atom is 0.321 e. The van der Waals surface area contributed by atoms with Crippen molar-refractivity contribution in [1.29, 1.82) is 0 Å². The van der Waals surface area contributed by atoms with Crippen LogP contribution in [-0.4, -0.2) is 33.7 Å². The van der Waals surface area contributed by atoms with Gasteiger partial charge in [0.05, 0.1) is 16.3 Å². The number of imidazole rings is 1. The first-order valence-corrected chi connectivity index (χ1v) is 7.66. The van der Waals surface area contributed by atoms with Crippen LogP contribution in [0.4, 0.5) is 4.79 Å². The number of carbonyl (C=O) groups is 2. The number of fused-ring (bicyclic) bond motifs is 1. The second-order valence-corrected chi connectivity index (χ2v) is 6.08. The Bertz CT molecular complexity index is 673. The Kier molecular flexibility index (Phi) is 5.08. The zero-order valence-corrected chi connectivity index (χ0v) is 13.1. The van der Waals surface area contributed by atoms with E-state index >= 15 is 0 Å². The summed E-state index contributed by atoms with van der Waals surface area (Å²) in [6.07, 6.45) is 0. The van der Waals surface area contributed by atoms with Crippen LogP contribution in [0.15, 0.2) is 23.4 Å². The van der Waals surface area contributed by atoms with Crippen LogP contribution < -0.4 is 10.6 Å². The Balaban J connectivity index is 2.02. The van der Waals surface area contributed by atoms with E-state index in [1.54, 1.807) is 32.0 Å². The first-order valence-electron chi connectivity index (χ1n) is 6.40. The fourth-order valence-electron chi connectivity index (χ4n) is 1.65. The quantitative estimate of drug-likeness (QED) is 0.753. The third-order valence-corrected chi connectivity index (χ3v) is 3.87. The van der Waals surface area contributed by atoms with Gasteiger partial charge in [-0.25, -0.2) is 9.78 Å². The third-order valence-electron chi connectivity index (χ3n) is 2.65. The Morgan fingerprint density at radius 2 is 2.24 bits per heavy atom. The Labute approximate surface area is 131 Å². The molecule has 0 aliphatic heterocycles. The minimum atomic E-state index is -0.494. The molecule has 2 rings (SSSR count). The number of carbonyl (C=O) groups excluding carboxylic acids is 2. The van der Waals surface area contributed by atoms with Crippen LogP contribution in [0.1, 0.15) is 13.8 Å². The summed E-state index contributed by atoms with van der Waals surface area (Å²) in [4.78, 5) is 30.6. The van der Waals surface area contributed by atoms with Gasteiger partial charge >= 0.3 is 6.03 Å². The maximum atomic E-state index is 11.8. The Hall–Kier alpha value is -1.73. The van der Waals surface area contributed by atoms with Gasteiger partial charge in [-0.05, 0) is 32.0 Å². The maximum absolute atomic E-state index is 11.8. The minimum absolute atomic E-state index is 0.371. The lowest BCUT2D eigenvalue weighted by molar-refractivity contribution is -0.119. The summed E-state index contributed by atoms with van der Waals surface area (Å²) in [6, 6.07) is 4.83. The lowest BCUT2D eigenvalue weighted by Crippen LogP contribution is -2.42. The number of nitrogens with one attached hydrogen (secondary N) is 3. The first-order chi connectivity index (χ1) is 9.99. The van der Waals surface area contributed by atoms with Gasteiger partial charge in [-0.3, -0.25) is 10.1 Å². The van der Waals surface area contributed by atoms with Crippen LogP contribution in [0.5, 0.6) is 0 Å². The predicted octanol–water partition coefficient (Wildman–Crippen LogP) is 2.54. The van der Waals surface area contributed by atoms with Crippen molar-refractivity contribution >= 4 is 46.3 Å². The molecule has 0 unspecified atom stereocenters. The number of imide groups is 1. The van der Waals surface area contributed by atoms with Crippen LogP contribution in [-0.2, 0) is 4.79 Å². The number of halogens is 1. The molecule has 0 saturated carbocycles. The average molecular weight is 327 g/mol. The van der Waals surface area contributed by atoms with Crippen molar-refractivity contribution < 1.29 is 9.59 Å². The Morgan fingerprint density at radius 1 is 1.48 bits per heavy atom. The number of rotatable bonds is 4. The molecule has 1 heterocycles. The molecule has 6 nitrogen and oxygen atoms in total. The van der Waals surface area contributed by atoms with Crippen molar-refractivity contribution in [1.82, 2.24) is 20.6 Å². The molecule has 1 atom stereocenters. The van der Waals surface area contributed by atoms with Gasteiger partial charge in [-0.2, -0.15) is 0 Å². The summed E-state index contributed by atoms with van der Waals surface area (Å²) in [6.45, 7) is 3.95. The molecule has 3 amide bonds. The molecule has 3 N–H and O–H groups in total. The van der Waals surface area contributed by atoms with Crippen LogP contribution >= 0.6 is 23.4 Å². The van der Waals surface area contributed by atoms with Crippen LogP contribution in [0, 0.1) is 0 Å². The SMILES string of the molecule is CCNC(=O)NC(=O)[C@H](C)Sc1nc2ccc(Cl)cc2[nH]1. The van der Waals surface area contributed by atoms with Gasteiger partial charge in [0.15, 0.2) is 5.16 Å². The van der Waals surface area contributed by atoms with Crippen LogP contribution in [0.25, 0.3) is 11.0 Å². The average Bonchev–Trinajstić information content (AvgIpc) is 2.80. The highest BCUT2D eigenvalue weighted by Gasteiger charge is 2.18. The van der Waals surface area contributed by atoms with Gasteiger partial charge in [0.25, 0.3) is 0 Å². The van der Waals surface area contributed by atoms with E-state index < -0.39 is 11.3 Å². The second-order valence-electron chi connectivity index (χ2n) is 4.31. The number of aromatic nitrogens is 2. The van der Waals surface area contributed by atoms with Crippen molar-refractivity contribution in [2.75, 3.05) is 6.54 Å². The molecule has 112 valence electrons. The molecule has 0 bridgehead atoms. The number of aromatic amines is 1. The van der Waals surface area contributed by atoms with E-state index in [-0.39, 0.29) is 5.91 Å². The number of urea groups is 1. The number of thioether (sulfide) groups is 1. The lowest BCUT2D eigenvalue weighted by atomic mass is 10.3. The van der Waals surface area contributed by atoms with Crippen molar-refractivity contribution in [3.05, 3.63) is 23.2 Å². The monoisotopic (exact) mass is 326 g/mol.